The fraction of sp³-hybridized carbons (Fsp3) is 0.462. The molecule has 4 heteroatoms. The van der Waals surface area contributed by atoms with E-state index in [-0.39, 0.29) is 0 Å². The molecule has 2 aromatic heterocycles. The summed E-state index contributed by atoms with van der Waals surface area (Å²) in [6.07, 6.45) is 4.23. The molecule has 0 aliphatic heterocycles. The van der Waals surface area contributed by atoms with Gasteiger partial charge in [0.25, 0.3) is 0 Å². The molecule has 0 aromatic carbocycles. The van der Waals surface area contributed by atoms with Gasteiger partial charge in [0.2, 0.25) is 0 Å². The number of hydrogen-bond acceptors (Lipinski definition) is 3. The summed E-state index contributed by atoms with van der Waals surface area (Å²) in [5, 5.41) is 7.39. The third-order valence-corrected chi connectivity index (χ3v) is 2.81. The van der Waals surface area contributed by atoms with Gasteiger partial charge in [0.05, 0.1) is 6.54 Å². The van der Waals surface area contributed by atoms with Crippen LogP contribution in [0.2, 0.25) is 0 Å². The Morgan fingerprint density at radius 1 is 1.53 bits per heavy atom. The van der Waals surface area contributed by atoms with E-state index < -0.39 is 0 Å². The van der Waals surface area contributed by atoms with Crippen LogP contribution >= 0.6 is 0 Å². The van der Waals surface area contributed by atoms with Crippen LogP contribution in [0.25, 0.3) is 0 Å². The Kier molecular flexibility index (Phi) is 3.64. The van der Waals surface area contributed by atoms with Gasteiger partial charge in [0.15, 0.2) is 0 Å². The van der Waals surface area contributed by atoms with Crippen molar-refractivity contribution in [3.63, 3.8) is 0 Å². The van der Waals surface area contributed by atoms with Crippen molar-refractivity contribution in [1.29, 1.82) is 0 Å². The summed E-state index contributed by atoms with van der Waals surface area (Å²) in [6.45, 7) is 7.94. The minimum absolute atomic E-state index is 0.389. The maximum Gasteiger partial charge on any atom is 0.133 e. The molecule has 2 rings (SSSR count). The maximum absolute atomic E-state index is 5.05. The van der Waals surface area contributed by atoms with Crippen LogP contribution in [0.3, 0.4) is 0 Å². The molecule has 0 amide bonds. The highest BCUT2D eigenvalue weighted by Gasteiger charge is 2.06. The molecule has 0 spiro atoms. The predicted molar refractivity (Wildman–Crippen MR) is 66.9 cm³/mol. The van der Waals surface area contributed by atoms with Gasteiger partial charge in [-0.1, -0.05) is 12.1 Å². The molecule has 2 heterocycles. The van der Waals surface area contributed by atoms with Gasteiger partial charge in [-0.2, -0.15) is 0 Å². The number of nitrogens with one attached hydrogen (secondary N) is 1. The molecular formula is C13H19N3O. The summed E-state index contributed by atoms with van der Waals surface area (Å²) >= 11 is 0. The lowest BCUT2D eigenvalue weighted by Gasteiger charge is -2.09. The molecular weight excluding hydrogens is 214 g/mol. The Labute approximate surface area is 102 Å². The molecule has 4 nitrogen and oxygen atoms in total. The number of nitrogens with zero attached hydrogens (tertiary/aromatic N) is 2. The van der Waals surface area contributed by atoms with E-state index in [1.54, 1.807) is 0 Å². The monoisotopic (exact) mass is 233 g/mol. The highest BCUT2D eigenvalue weighted by Crippen LogP contribution is 2.13. The Balaban J connectivity index is 2.03. The molecule has 92 valence electrons. The zero-order valence-corrected chi connectivity index (χ0v) is 10.6. The summed E-state index contributed by atoms with van der Waals surface area (Å²) in [5.41, 5.74) is 2.26. The van der Waals surface area contributed by atoms with Crippen molar-refractivity contribution in [1.82, 2.24) is 15.0 Å². The topological polar surface area (TPSA) is 43.0 Å². The van der Waals surface area contributed by atoms with E-state index in [0.29, 0.717) is 6.04 Å². The Bertz CT molecular complexity index is 472. The van der Waals surface area contributed by atoms with E-state index >= 15 is 0 Å². The van der Waals surface area contributed by atoms with Crippen molar-refractivity contribution in [2.24, 2.45) is 0 Å². The highest BCUT2D eigenvalue weighted by molar-refractivity contribution is 5.16. The molecule has 0 saturated heterocycles. The summed E-state index contributed by atoms with van der Waals surface area (Å²) in [6, 6.07) is 4.49. The third-order valence-electron chi connectivity index (χ3n) is 2.81. The second kappa shape index (κ2) is 5.19. The molecule has 2 aromatic rings. The smallest absolute Gasteiger partial charge is 0.133 e. The van der Waals surface area contributed by atoms with E-state index in [1.807, 2.05) is 13.0 Å². The van der Waals surface area contributed by atoms with Gasteiger partial charge in [0.1, 0.15) is 11.5 Å². The first kappa shape index (κ1) is 11.9. The second-order valence-electron chi connectivity index (χ2n) is 4.33. The van der Waals surface area contributed by atoms with E-state index in [0.717, 1.165) is 24.5 Å². The van der Waals surface area contributed by atoms with Crippen LogP contribution in [-0.2, 0) is 6.54 Å². The normalized spacial score (nSPS) is 12.9. The molecule has 0 fully saturated rings. The Morgan fingerprint density at radius 3 is 3.00 bits per heavy atom. The molecule has 1 N–H and O–H groups in total. The van der Waals surface area contributed by atoms with Crippen LogP contribution in [0.4, 0.5) is 0 Å². The molecule has 0 aliphatic carbocycles. The highest BCUT2D eigenvalue weighted by atomic mass is 16.5. The van der Waals surface area contributed by atoms with Crippen LogP contribution in [0.15, 0.2) is 29.0 Å². The first-order chi connectivity index (χ1) is 8.19. The lowest BCUT2D eigenvalue weighted by Crippen LogP contribution is -2.17. The Hall–Kier alpha value is -1.55. The maximum atomic E-state index is 5.05. The standard InChI is InChI=1S/C13H19N3O/c1-4-14-11(3)12-5-6-16(8-12)9-13-7-10(2)17-15-13/h5-8,11,14H,4,9H2,1-3H3. The molecule has 0 saturated carbocycles. The van der Waals surface area contributed by atoms with Gasteiger partial charge in [-0.3, -0.25) is 0 Å². The third kappa shape index (κ3) is 2.97. The van der Waals surface area contributed by atoms with Gasteiger partial charge in [0, 0.05) is 24.5 Å². The first-order valence-electron chi connectivity index (χ1n) is 6.00. The number of hydrogen-bond donors (Lipinski definition) is 1. The van der Waals surface area contributed by atoms with Crippen LogP contribution in [-0.4, -0.2) is 16.3 Å². The largest absolute Gasteiger partial charge is 0.361 e. The van der Waals surface area contributed by atoms with Crippen LogP contribution in [0.1, 0.15) is 36.9 Å². The fourth-order valence-corrected chi connectivity index (χ4v) is 1.92. The van der Waals surface area contributed by atoms with E-state index in [2.05, 4.69) is 47.3 Å². The summed E-state index contributed by atoms with van der Waals surface area (Å²) < 4.78 is 7.18. The SMILES string of the molecule is CCNC(C)c1ccn(Cc2cc(C)on2)c1. The number of aryl methyl sites for hydroxylation is 1. The average Bonchev–Trinajstić information content (AvgIpc) is 2.89. The molecule has 17 heavy (non-hydrogen) atoms. The second-order valence-corrected chi connectivity index (χ2v) is 4.33. The molecule has 0 aliphatic rings. The Morgan fingerprint density at radius 2 is 2.35 bits per heavy atom. The number of rotatable bonds is 5. The van der Waals surface area contributed by atoms with Gasteiger partial charge in [-0.05, 0) is 32.0 Å². The van der Waals surface area contributed by atoms with Gasteiger partial charge in [-0.25, -0.2) is 0 Å². The van der Waals surface area contributed by atoms with Crippen molar-refractivity contribution < 1.29 is 4.52 Å². The fourth-order valence-electron chi connectivity index (χ4n) is 1.92. The van der Waals surface area contributed by atoms with Crippen LogP contribution < -0.4 is 5.32 Å². The van der Waals surface area contributed by atoms with E-state index in [4.69, 9.17) is 4.52 Å². The summed E-state index contributed by atoms with van der Waals surface area (Å²) in [5.74, 6) is 0.855. The number of aromatic nitrogens is 2. The predicted octanol–water partition coefficient (Wildman–Crippen LogP) is 2.50. The molecule has 1 unspecified atom stereocenters. The van der Waals surface area contributed by atoms with Crippen molar-refractivity contribution in [3.05, 3.63) is 41.5 Å². The van der Waals surface area contributed by atoms with E-state index in [9.17, 15) is 0 Å². The van der Waals surface area contributed by atoms with Crippen molar-refractivity contribution >= 4 is 0 Å². The molecule has 0 radical (unpaired) electrons. The van der Waals surface area contributed by atoms with E-state index in [1.165, 1.54) is 5.56 Å². The summed E-state index contributed by atoms with van der Waals surface area (Å²) in [7, 11) is 0. The van der Waals surface area contributed by atoms with Gasteiger partial charge >= 0.3 is 0 Å². The zero-order chi connectivity index (χ0) is 12.3. The van der Waals surface area contributed by atoms with Gasteiger partial charge in [-0.15, -0.1) is 0 Å². The minimum atomic E-state index is 0.389. The quantitative estimate of drug-likeness (QED) is 0.862. The minimum Gasteiger partial charge on any atom is -0.361 e. The molecule has 1 atom stereocenters. The average molecular weight is 233 g/mol. The molecule has 0 bridgehead atoms. The zero-order valence-electron chi connectivity index (χ0n) is 10.6. The van der Waals surface area contributed by atoms with Crippen molar-refractivity contribution in [2.45, 2.75) is 33.4 Å². The first-order valence-corrected chi connectivity index (χ1v) is 6.00. The lowest BCUT2D eigenvalue weighted by atomic mass is 10.2. The lowest BCUT2D eigenvalue weighted by molar-refractivity contribution is 0.389. The van der Waals surface area contributed by atoms with Crippen LogP contribution in [0, 0.1) is 6.92 Å². The van der Waals surface area contributed by atoms with Crippen molar-refractivity contribution in [2.75, 3.05) is 6.54 Å². The van der Waals surface area contributed by atoms with Crippen molar-refractivity contribution in [3.8, 4) is 0 Å². The summed E-state index contributed by atoms with van der Waals surface area (Å²) in [4.78, 5) is 0. The van der Waals surface area contributed by atoms with Gasteiger partial charge < -0.3 is 14.4 Å². The van der Waals surface area contributed by atoms with Crippen LogP contribution in [0.5, 0.6) is 0 Å².